The van der Waals surface area contributed by atoms with Crippen LogP contribution in [0.15, 0.2) is 11.4 Å². The number of H-pyrrole nitrogens is 1. The van der Waals surface area contributed by atoms with Crippen molar-refractivity contribution in [2.75, 3.05) is 12.3 Å². The first-order chi connectivity index (χ1) is 10.0. The van der Waals surface area contributed by atoms with Gasteiger partial charge in [0.2, 0.25) is 0 Å². The number of nitrogens with zero attached hydrogens (tertiary/aromatic N) is 2. The zero-order valence-corrected chi connectivity index (χ0v) is 13.3. The van der Waals surface area contributed by atoms with E-state index in [9.17, 15) is 4.79 Å². The first-order valence-electron chi connectivity index (χ1n) is 7.21. The predicted molar refractivity (Wildman–Crippen MR) is 84.6 cm³/mol. The molecule has 1 aliphatic heterocycles. The van der Waals surface area contributed by atoms with Gasteiger partial charge in [-0.1, -0.05) is 13.8 Å². The molecule has 2 aromatic rings. The van der Waals surface area contributed by atoms with Crippen molar-refractivity contribution in [1.29, 1.82) is 0 Å². The van der Waals surface area contributed by atoms with Crippen LogP contribution in [0.1, 0.15) is 59.4 Å². The Morgan fingerprint density at radius 3 is 3.00 bits per heavy atom. The summed E-state index contributed by atoms with van der Waals surface area (Å²) in [6.45, 7) is 6.84. The van der Waals surface area contributed by atoms with Crippen LogP contribution in [0.5, 0.6) is 0 Å². The van der Waals surface area contributed by atoms with Gasteiger partial charge in [-0.3, -0.25) is 9.89 Å². The first kappa shape index (κ1) is 14.1. The molecule has 0 saturated heterocycles. The van der Waals surface area contributed by atoms with Crippen molar-refractivity contribution in [3.63, 3.8) is 0 Å². The van der Waals surface area contributed by atoms with Crippen molar-refractivity contribution in [1.82, 2.24) is 15.1 Å². The van der Waals surface area contributed by atoms with E-state index in [1.54, 1.807) is 11.3 Å². The van der Waals surface area contributed by atoms with Crippen molar-refractivity contribution >= 4 is 22.9 Å². The summed E-state index contributed by atoms with van der Waals surface area (Å²) in [5, 5.41) is 9.15. The number of carbonyl (C=O) groups is 1. The molecule has 1 unspecified atom stereocenters. The Labute approximate surface area is 128 Å². The zero-order chi connectivity index (χ0) is 15.1. The van der Waals surface area contributed by atoms with E-state index in [0.29, 0.717) is 11.4 Å². The lowest BCUT2D eigenvalue weighted by atomic mass is 10.0. The minimum Gasteiger partial charge on any atom is -0.395 e. The molecule has 3 N–H and O–H groups in total. The molecule has 0 radical (unpaired) electrons. The monoisotopic (exact) mass is 304 g/mol. The fourth-order valence-corrected chi connectivity index (χ4v) is 3.85. The highest BCUT2D eigenvalue weighted by molar-refractivity contribution is 7.10. The average Bonchev–Trinajstić information content (AvgIpc) is 3.05. The van der Waals surface area contributed by atoms with E-state index in [1.807, 2.05) is 18.7 Å². The van der Waals surface area contributed by atoms with Crippen LogP contribution in [-0.4, -0.2) is 27.5 Å². The Morgan fingerprint density at radius 2 is 2.33 bits per heavy atom. The number of anilines is 1. The van der Waals surface area contributed by atoms with Crippen LogP contribution in [0.2, 0.25) is 0 Å². The molecule has 3 heterocycles. The number of nitrogens with two attached hydrogens (primary N) is 1. The second-order valence-electron chi connectivity index (χ2n) is 5.78. The molecule has 0 spiro atoms. The minimum atomic E-state index is -0.0833. The molecule has 0 aromatic carbocycles. The molecule has 3 rings (SSSR count). The third kappa shape index (κ3) is 2.23. The summed E-state index contributed by atoms with van der Waals surface area (Å²) < 4.78 is 0. The number of carbonyl (C=O) groups excluding carboxylic acids is 1. The average molecular weight is 304 g/mol. The van der Waals surface area contributed by atoms with Crippen LogP contribution in [0, 0.1) is 0 Å². The van der Waals surface area contributed by atoms with Crippen LogP contribution in [0.4, 0.5) is 5.69 Å². The first-order valence-corrected chi connectivity index (χ1v) is 8.09. The highest BCUT2D eigenvalue weighted by Crippen LogP contribution is 2.34. The highest BCUT2D eigenvalue weighted by Gasteiger charge is 2.31. The molecule has 6 heteroatoms. The number of nitrogens with one attached hydrogen (secondary N) is 1. The Hall–Kier alpha value is -1.82. The molecule has 21 heavy (non-hydrogen) atoms. The number of aromatic nitrogens is 2. The van der Waals surface area contributed by atoms with Gasteiger partial charge < -0.3 is 10.6 Å². The summed E-state index contributed by atoms with van der Waals surface area (Å²) in [5.41, 5.74) is 9.01. The van der Waals surface area contributed by atoms with Gasteiger partial charge in [0, 0.05) is 11.4 Å². The Balaban J connectivity index is 1.90. The molecular formula is C15H20N4OS. The number of hydrogen-bond acceptors (Lipinski definition) is 4. The third-order valence-corrected chi connectivity index (χ3v) is 5.15. The normalized spacial score (nSPS) is 18.1. The van der Waals surface area contributed by atoms with Gasteiger partial charge in [0.25, 0.3) is 5.91 Å². The van der Waals surface area contributed by atoms with Gasteiger partial charge in [0.05, 0.1) is 17.4 Å². The van der Waals surface area contributed by atoms with E-state index in [4.69, 9.17) is 5.73 Å². The Kier molecular flexibility index (Phi) is 3.49. The molecule has 5 nitrogen and oxygen atoms in total. The SMILES string of the molecule is CC(C)c1[nH]nc(C(=O)N2CCc3sccc3C2C)c1N. The highest BCUT2D eigenvalue weighted by atomic mass is 32.1. The number of amides is 1. The molecule has 1 atom stereocenters. The number of thiophene rings is 1. The molecule has 1 aliphatic rings. The van der Waals surface area contributed by atoms with Crippen LogP contribution in [0.25, 0.3) is 0 Å². The van der Waals surface area contributed by atoms with E-state index < -0.39 is 0 Å². The van der Waals surface area contributed by atoms with E-state index in [0.717, 1.165) is 18.7 Å². The largest absolute Gasteiger partial charge is 0.395 e. The van der Waals surface area contributed by atoms with Crippen molar-refractivity contribution in [3.05, 3.63) is 33.3 Å². The maximum Gasteiger partial charge on any atom is 0.277 e. The van der Waals surface area contributed by atoms with Gasteiger partial charge in [0.1, 0.15) is 0 Å². The molecular weight excluding hydrogens is 284 g/mol. The molecule has 1 amide bonds. The smallest absolute Gasteiger partial charge is 0.277 e. The lowest BCUT2D eigenvalue weighted by molar-refractivity contribution is 0.0674. The number of rotatable bonds is 2. The van der Waals surface area contributed by atoms with Crippen LogP contribution < -0.4 is 5.73 Å². The topological polar surface area (TPSA) is 75.0 Å². The molecule has 0 fully saturated rings. The maximum atomic E-state index is 12.8. The van der Waals surface area contributed by atoms with E-state index in [-0.39, 0.29) is 17.9 Å². The second-order valence-corrected chi connectivity index (χ2v) is 6.78. The fourth-order valence-electron chi connectivity index (χ4n) is 2.89. The summed E-state index contributed by atoms with van der Waals surface area (Å²) in [5.74, 6) is 0.140. The standard InChI is InChI=1S/C15H20N4OS/c1-8(2)13-12(16)14(18-17-13)15(20)19-6-4-11-10(9(19)3)5-7-21-11/h5,7-9H,4,6,16H2,1-3H3,(H,17,18). The van der Waals surface area contributed by atoms with Crippen LogP contribution in [-0.2, 0) is 6.42 Å². The maximum absolute atomic E-state index is 12.8. The number of nitrogen functional groups attached to an aromatic ring is 1. The molecule has 0 aliphatic carbocycles. The number of fused-ring (bicyclic) bond motifs is 1. The van der Waals surface area contributed by atoms with Gasteiger partial charge in [-0.15, -0.1) is 11.3 Å². The van der Waals surface area contributed by atoms with Crippen molar-refractivity contribution in [2.45, 2.75) is 39.2 Å². The summed E-state index contributed by atoms with van der Waals surface area (Å²) in [6.07, 6.45) is 0.907. The van der Waals surface area contributed by atoms with Gasteiger partial charge in [0.15, 0.2) is 5.69 Å². The summed E-state index contributed by atoms with van der Waals surface area (Å²) >= 11 is 1.77. The Morgan fingerprint density at radius 1 is 1.57 bits per heavy atom. The minimum absolute atomic E-state index is 0.0751. The Bertz CT molecular complexity index is 673. The van der Waals surface area contributed by atoms with E-state index >= 15 is 0 Å². The molecule has 2 aromatic heterocycles. The molecule has 0 bridgehead atoms. The van der Waals surface area contributed by atoms with Crippen molar-refractivity contribution in [2.24, 2.45) is 0 Å². The molecule has 0 saturated carbocycles. The quantitative estimate of drug-likeness (QED) is 0.895. The lowest BCUT2D eigenvalue weighted by Crippen LogP contribution is -2.38. The summed E-state index contributed by atoms with van der Waals surface area (Å²) in [6, 6.07) is 2.18. The number of hydrogen-bond donors (Lipinski definition) is 2. The van der Waals surface area contributed by atoms with E-state index in [2.05, 4.69) is 28.6 Å². The predicted octanol–water partition coefficient (Wildman–Crippen LogP) is 2.94. The summed E-state index contributed by atoms with van der Waals surface area (Å²) in [7, 11) is 0. The van der Waals surface area contributed by atoms with Gasteiger partial charge in [-0.25, -0.2) is 0 Å². The second kappa shape index (κ2) is 5.18. The van der Waals surface area contributed by atoms with Gasteiger partial charge >= 0.3 is 0 Å². The van der Waals surface area contributed by atoms with Crippen molar-refractivity contribution < 1.29 is 4.79 Å². The van der Waals surface area contributed by atoms with Gasteiger partial charge in [-0.05, 0) is 36.3 Å². The van der Waals surface area contributed by atoms with Crippen molar-refractivity contribution in [3.8, 4) is 0 Å². The van der Waals surface area contributed by atoms with Crippen LogP contribution >= 0.6 is 11.3 Å². The van der Waals surface area contributed by atoms with E-state index in [1.165, 1.54) is 10.4 Å². The fraction of sp³-hybridized carbons (Fsp3) is 0.467. The lowest BCUT2D eigenvalue weighted by Gasteiger charge is -2.33. The van der Waals surface area contributed by atoms with Crippen LogP contribution in [0.3, 0.4) is 0 Å². The summed E-state index contributed by atoms with van der Waals surface area (Å²) in [4.78, 5) is 16.0. The van der Waals surface area contributed by atoms with Gasteiger partial charge in [-0.2, -0.15) is 5.10 Å². The number of aromatic amines is 1. The third-order valence-electron chi connectivity index (χ3n) is 4.15. The zero-order valence-electron chi connectivity index (χ0n) is 12.5. The molecule has 112 valence electrons.